The second-order valence-electron chi connectivity index (χ2n) is 2.85. The first kappa shape index (κ1) is 11.1. The van der Waals surface area contributed by atoms with Crippen LogP contribution in [-0.2, 0) is 0 Å². The van der Waals surface area contributed by atoms with Crippen molar-refractivity contribution >= 4 is 18.4 Å². The minimum atomic E-state index is 0.128. The van der Waals surface area contributed by atoms with Crippen LogP contribution < -0.4 is 4.74 Å². The van der Waals surface area contributed by atoms with E-state index in [1.54, 1.807) is 12.1 Å². The highest BCUT2D eigenvalue weighted by Crippen LogP contribution is 2.13. The fraction of sp³-hybridized carbons (Fsp3) is 0.364. The lowest BCUT2D eigenvalue weighted by Gasteiger charge is -2.03. The van der Waals surface area contributed by atoms with Crippen molar-refractivity contribution in [2.45, 2.75) is 13.3 Å². The van der Waals surface area contributed by atoms with E-state index in [1.165, 1.54) is 0 Å². The molecule has 0 unspecified atom stereocenters. The molecule has 0 saturated heterocycles. The molecular weight excluding hydrogens is 196 g/mol. The van der Waals surface area contributed by atoms with Crippen LogP contribution in [0.15, 0.2) is 24.3 Å². The van der Waals surface area contributed by atoms with Gasteiger partial charge < -0.3 is 4.74 Å². The fourth-order valence-electron chi connectivity index (χ4n) is 1.15. The Morgan fingerprint density at radius 3 is 2.50 bits per heavy atom. The standard InChI is InChI=1S/C11H14O2S/c1-2-13-10-5-3-9(4-6-10)11(12)7-8-14/h3-6,14H,2,7-8H2,1H3. The maximum atomic E-state index is 11.4. The Morgan fingerprint density at radius 2 is 2.00 bits per heavy atom. The van der Waals surface area contributed by atoms with Crippen molar-refractivity contribution in [2.24, 2.45) is 0 Å². The molecule has 0 fully saturated rings. The zero-order valence-corrected chi connectivity index (χ0v) is 9.09. The van der Waals surface area contributed by atoms with Crippen LogP contribution in [0.25, 0.3) is 0 Å². The number of benzene rings is 1. The minimum Gasteiger partial charge on any atom is -0.494 e. The van der Waals surface area contributed by atoms with Gasteiger partial charge in [-0.2, -0.15) is 12.6 Å². The first-order valence-electron chi connectivity index (χ1n) is 4.65. The molecular formula is C11H14O2S. The average molecular weight is 210 g/mol. The van der Waals surface area contributed by atoms with E-state index in [2.05, 4.69) is 12.6 Å². The van der Waals surface area contributed by atoms with E-state index in [0.717, 1.165) is 11.3 Å². The normalized spacial score (nSPS) is 9.86. The van der Waals surface area contributed by atoms with Crippen molar-refractivity contribution < 1.29 is 9.53 Å². The van der Waals surface area contributed by atoms with Crippen molar-refractivity contribution in [1.29, 1.82) is 0 Å². The SMILES string of the molecule is CCOc1ccc(C(=O)CCS)cc1. The highest BCUT2D eigenvalue weighted by atomic mass is 32.1. The van der Waals surface area contributed by atoms with E-state index in [1.807, 2.05) is 19.1 Å². The lowest BCUT2D eigenvalue weighted by molar-refractivity contribution is 0.0989. The molecule has 0 aliphatic heterocycles. The third kappa shape index (κ3) is 3.07. The second kappa shape index (κ2) is 5.70. The van der Waals surface area contributed by atoms with Crippen molar-refractivity contribution in [2.75, 3.05) is 12.4 Å². The lowest BCUT2D eigenvalue weighted by Crippen LogP contribution is -1.99. The number of rotatable bonds is 5. The van der Waals surface area contributed by atoms with Gasteiger partial charge in [-0.1, -0.05) is 0 Å². The molecule has 0 N–H and O–H groups in total. The highest BCUT2D eigenvalue weighted by molar-refractivity contribution is 7.80. The quantitative estimate of drug-likeness (QED) is 0.597. The molecule has 0 atom stereocenters. The maximum absolute atomic E-state index is 11.4. The van der Waals surface area contributed by atoms with Crippen LogP contribution in [0, 0.1) is 0 Å². The van der Waals surface area contributed by atoms with Gasteiger partial charge in [0.25, 0.3) is 0 Å². The van der Waals surface area contributed by atoms with Crippen molar-refractivity contribution in [3.63, 3.8) is 0 Å². The molecule has 0 aliphatic rings. The first-order chi connectivity index (χ1) is 6.77. The van der Waals surface area contributed by atoms with E-state index in [4.69, 9.17) is 4.74 Å². The maximum Gasteiger partial charge on any atom is 0.163 e. The number of ketones is 1. The summed E-state index contributed by atoms with van der Waals surface area (Å²) < 4.78 is 5.27. The number of carbonyl (C=O) groups excluding carboxylic acids is 1. The number of ether oxygens (including phenoxy) is 1. The van der Waals surface area contributed by atoms with Crippen LogP contribution in [0.5, 0.6) is 5.75 Å². The van der Waals surface area contributed by atoms with Gasteiger partial charge in [0.15, 0.2) is 5.78 Å². The molecule has 0 saturated carbocycles. The van der Waals surface area contributed by atoms with Crippen molar-refractivity contribution in [3.8, 4) is 5.75 Å². The Morgan fingerprint density at radius 1 is 1.36 bits per heavy atom. The molecule has 0 aliphatic carbocycles. The summed E-state index contributed by atoms with van der Waals surface area (Å²) in [6, 6.07) is 7.21. The van der Waals surface area contributed by atoms with Crippen LogP contribution in [0.3, 0.4) is 0 Å². The predicted octanol–water partition coefficient (Wildman–Crippen LogP) is 2.59. The first-order valence-corrected chi connectivity index (χ1v) is 5.28. The molecule has 1 aromatic carbocycles. The summed E-state index contributed by atoms with van der Waals surface area (Å²) in [6.07, 6.45) is 0.483. The van der Waals surface area contributed by atoms with Gasteiger partial charge in [0, 0.05) is 12.0 Å². The van der Waals surface area contributed by atoms with Gasteiger partial charge in [-0.05, 0) is 36.9 Å². The minimum absolute atomic E-state index is 0.128. The summed E-state index contributed by atoms with van der Waals surface area (Å²) >= 11 is 4.02. The number of hydrogen-bond donors (Lipinski definition) is 1. The third-order valence-electron chi connectivity index (χ3n) is 1.83. The molecule has 0 heterocycles. The molecule has 14 heavy (non-hydrogen) atoms. The van der Waals surface area contributed by atoms with Crippen LogP contribution >= 0.6 is 12.6 Å². The molecule has 0 bridgehead atoms. The Balaban J connectivity index is 2.67. The molecule has 0 radical (unpaired) electrons. The van der Waals surface area contributed by atoms with E-state index in [9.17, 15) is 4.79 Å². The summed E-state index contributed by atoms with van der Waals surface area (Å²) in [5, 5.41) is 0. The van der Waals surface area contributed by atoms with Crippen molar-refractivity contribution in [3.05, 3.63) is 29.8 Å². The van der Waals surface area contributed by atoms with E-state index >= 15 is 0 Å². The number of carbonyl (C=O) groups is 1. The lowest BCUT2D eigenvalue weighted by atomic mass is 10.1. The van der Waals surface area contributed by atoms with Crippen LogP contribution in [-0.4, -0.2) is 18.1 Å². The molecule has 76 valence electrons. The van der Waals surface area contributed by atoms with E-state index in [0.29, 0.717) is 18.8 Å². The molecule has 1 rings (SSSR count). The Hall–Kier alpha value is -0.960. The Labute approximate surface area is 89.7 Å². The highest BCUT2D eigenvalue weighted by Gasteiger charge is 2.03. The average Bonchev–Trinajstić information content (AvgIpc) is 2.20. The summed E-state index contributed by atoms with van der Waals surface area (Å²) in [6.45, 7) is 2.57. The molecule has 0 spiro atoms. The van der Waals surface area contributed by atoms with Crippen LogP contribution in [0.4, 0.5) is 0 Å². The van der Waals surface area contributed by atoms with Gasteiger partial charge in [0.1, 0.15) is 5.75 Å². The summed E-state index contributed by atoms with van der Waals surface area (Å²) in [7, 11) is 0. The Kier molecular flexibility index (Phi) is 4.53. The van der Waals surface area contributed by atoms with Gasteiger partial charge in [0.2, 0.25) is 0 Å². The predicted molar refractivity (Wildman–Crippen MR) is 60.4 cm³/mol. The summed E-state index contributed by atoms with van der Waals surface area (Å²) in [5.74, 6) is 1.52. The molecule has 2 nitrogen and oxygen atoms in total. The topological polar surface area (TPSA) is 26.3 Å². The number of hydrogen-bond acceptors (Lipinski definition) is 3. The summed E-state index contributed by atoms with van der Waals surface area (Å²) in [5.41, 5.74) is 0.725. The smallest absolute Gasteiger partial charge is 0.163 e. The van der Waals surface area contributed by atoms with Gasteiger partial charge in [-0.3, -0.25) is 4.79 Å². The number of Topliss-reactive ketones (excluding diaryl/α,β-unsaturated/α-hetero) is 1. The molecule has 0 amide bonds. The van der Waals surface area contributed by atoms with E-state index in [-0.39, 0.29) is 5.78 Å². The van der Waals surface area contributed by atoms with E-state index < -0.39 is 0 Å². The second-order valence-corrected chi connectivity index (χ2v) is 3.30. The zero-order valence-electron chi connectivity index (χ0n) is 8.19. The summed E-state index contributed by atoms with van der Waals surface area (Å²) in [4.78, 5) is 11.4. The number of thiol groups is 1. The van der Waals surface area contributed by atoms with Gasteiger partial charge in [0.05, 0.1) is 6.61 Å². The van der Waals surface area contributed by atoms with Crippen molar-refractivity contribution in [1.82, 2.24) is 0 Å². The molecule has 1 aromatic rings. The zero-order chi connectivity index (χ0) is 10.4. The van der Waals surface area contributed by atoms with Gasteiger partial charge in [-0.15, -0.1) is 0 Å². The van der Waals surface area contributed by atoms with Gasteiger partial charge in [-0.25, -0.2) is 0 Å². The van der Waals surface area contributed by atoms with Gasteiger partial charge >= 0.3 is 0 Å². The monoisotopic (exact) mass is 210 g/mol. The fourth-order valence-corrected chi connectivity index (χ4v) is 1.35. The molecule has 3 heteroatoms. The Bertz CT molecular complexity index is 293. The largest absolute Gasteiger partial charge is 0.494 e. The molecule has 0 aromatic heterocycles. The van der Waals surface area contributed by atoms with Crippen LogP contribution in [0.2, 0.25) is 0 Å². The third-order valence-corrected chi connectivity index (χ3v) is 2.05. The van der Waals surface area contributed by atoms with Crippen LogP contribution in [0.1, 0.15) is 23.7 Å².